The highest BCUT2D eigenvalue weighted by Crippen LogP contribution is 2.24. The molecule has 21 heavy (non-hydrogen) atoms. The van der Waals surface area contributed by atoms with Crippen LogP contribution in [-0.2, 0) is 19.9 Å². The van der Waals surface area contributed by atoms with Crippen LogP contribution in [0.4, 0.5) is 0 Å². The van der Waals surface area contributed by atoms with Crippen LogP contribution < -0.4 is 5.73 Å². The van der Waals surface area contributed by atoms with E-state index in [-0.39, 0.29) is 23.7 Å². The van der Waals surface area contributed by atoms with Crippen LogP contribution in [-0.4, -0.2) is 63.0 Å². The highest BCUT2D eigenvalue weighted by Gasteiger charge is 2.44. The standard InChI is InChI=1S/C12H18N2O5S2/c13-6-7-14(11-8-20(16,17)9-12(11)15)21(18,19)10-4-2-1-3-5-10/h1-5,11-12,15H,6-9,13H2/t11-,12-/m1/s1. The van der Waals surface area contributed by atoms with Crippen molar-refractivity contribution >= 4 is 19.9 Å². The van der Waals surface area contributed by atoms with Crippen LogP contribution in [0.25, 0.3) is 0 Å². The van der Waals surface area contributed by atoms with E-state index in [9.17, 15) is 21.9 Å². The Labute approximate surface area is 124 Å². The van der Waals surface area contributed by atoms with Crippen molar-refractivity contribution in [3.8, 4) is 0 Å². The summed E-state index contributed by atoms with van der Waals surface area (Å²) in [6.45, 7) is -0.0101. The van der Waals surface area contributed by atoms with E-state index >= 15 is 0 Å². The first-order valence-electron chi connectivity index (χ1n) is 6.43. The van der Waals surface area contributed by atoms with Crippen molar-refractivity contribution < 1.29 is 21.9 Å². The second-order valence-corrected chi connectivity index (χ2v) is 8.97. The van der Waals surface area contributed by atoms with Gasteiger partial charge in [0.05, 0.1) is 28.5 Å². The van der Waals surface area contributed by atoms with E-state index in [2.05, 4.69) is 0 Å². The van der Waals surface area contributed by atoms with E-state index in [0.717, 1.165) is 4.31 Å². The molecule has 1 aromatic carbocycles. The molecule has 0 radical (unpaired) electrons. The SMILES string of the molecule is NCCN([C@@H]1CS(=O)(=O)C[C@H]1O)S(=O)(=O)c1ccccc1. The average molecular weight is 334 g/mol. The first-order chi connectivity index (χ1) is 9.78. The molecular weight excluding hydrogens is 316 g/mol. The molecule has 1 heterocycles. The summed E-state index contributed by atoms with van der Waals surface area (Å²) in [6, 6.07) is 6.69. The smallest absolute Gasteiger partial charge is 0.243 e. The van der Waals surface area contributed by atoms with Crippen molar-refractivity contribution in [2.75, 3.05) is 24.6 Å². The molecular formula is C12H18N2O5S2. The van der Waals surface area contributed by atoms with Crippen LogP contribution in [0.3, 0.4) is 0 Å². The van der Waals surface area contributed by atoms with Gasteiger partial charge in [-0.15, -0.1) is 0 Å². The van der Waals surface area contributed by atoms with Crippen molar-refractivity contribution in [1.29, 1.82) is 0 Å². The van der Waals surface area contributed by atoms with Crippen LogP contribution in [0.2, 0.25) is 0 Å². The predicted molar refractivity (Wildman–Crippen MR) is 77.8 cm³/mol. The monoisotopic (exact) mass is 334 g/mol. The number of hydrogen-bond acceptors (Lipinski definition) is 6. The van der Waals surface area contributed by atoms with Crippen LogP contribution in [0.5, 0.6) is 0 Å². The summed E-state index contributed by atoms with van der Waals surface area (Å²) in [6.07, 6.45) is -1.24. The molecule has 1 aromatic rings. The number of rotatable bonds is 5. The molecule has 118 valence electrons. The summed E-state index contributed by atoms with van der Waals surface area (Å²) in [5, 5.41) is 9.91. The third-order valence-corrected chi connectivity index (χ3v) is 7.00. The van der Waals surface area contributed by atoms with E-state index in [4.69, 9.17) is 5.73 Å². The summed E-state index contributed by atoms with van der Waals surface area (Å²) in [4.78, 5) is 0.0509. The fourth-order valence-electron chi connectivity index (χ4n) is 2.40. The first kappa shape index (κ1) is 16.4. The Bertz CT molecular complexity index is 688. The van der Waals surface area contributed by atoms with Gasteiger partial charge >= 0.3 is 0 Å². The van der Waals surface area contributed by atoms with Crippen LogP contribution in [0.1, 0.15) is 0 Å². The number of nitrogens with zero attached hydrogens (tertiary/aromatic N) is 1. The number of sulfonamides is 1. The largest absolute Gasteiger partial charge is 0.390 e. The predicted octanol–water partition coefficient (Wildman–Crippen LogP) is -1.21. The summed E-state index contributed by atoms with van der Waals surface area (Å²) >= 11 is 0. The second-order valence-electron chi connectivity index (χ2n) is 4.93. The van der Waals surface area contributed by atoms with Gasteiger partial charge < -0.3 is 10.8 Å². The van der Waals surface area contributed by atoms with Crippen molar-refractivity contribution in [3.63, 3.8) is 0 Å². The van der Waals surface area contributed by atoms with Gasteiger partial charge in [0.25, 0.3) is 0 Å². The number of hydrogen-bond donors (Lipinski definition) is 2. The number of benzene rings is 1. The van der Waals surface area contributed by atoms with Crippen LogP contribution in [0.15, 0.2) is 35.2 Å². The number of aliphatic hydroxyl groups is 1. The Balaban J connectivity index is 2.40. The zero-order valence-electron chi connectivity index (χ0n) is 11.3. The molecule has 2 atom stereocenters. The lowest BCUT2D eigenvalue weighted by Gasteiger charge is -2.28. The zero-order chi connectivity index (χ0) is 15.7. The minimum atomic E-state index is -3.90. The van der Waals surface area contributed by atoms with E-state index < -0.39 is 37.8 Å². The molecule has 0 amide bonds. The van der Waals surface area contributed by atoms with Crippen LogP contribution >= 0.6 is 0 Å². The highest BCUT2D eigenvalue weighted by molar-refractivity contribution is 7.92. The molecule has 0 spiro atoms. The zero-order valence-corrected chi connectivity index (χ0v) is 12.9. The molecule has 1 aliphatic heterocycles. The van der Waals surface area contributed by atoms with Gasteiger partial charge in [0.15, 0.2) is 9.84 Å². The van der Waals surface area contributed by atoms with Crippen molar-refractivity contribution in [2.45, 2.75) is 17.0 Å². The molecule has 2 rings (SSSR count). The molecule has 9 heteroatoms. The minimum Gasteiger partial charge on any atom is -0.390 e. The summed E-state index contributed by atoms with van der Waals surface area (Å²) in [5.41, 5.74) is 5.45. The number of aliphatic hydroxyl groups excluding tert-OH is 1. The molecule has 0 aromatic heterocycles. The lowest BCUT2D eigenvalue weighted by atomic mass is 10.2. The topological polar surface area (TPSA) is 118 Å². The van der Waals surface area contributed by atoms with Gasteiger partial charge in [0, 0.05) is 13.1 Å². The molecule has 0 bridgehead atoms. The van der Waals surface area contributed by atoms with E-state index in [1.54, 1.807) is 18.2 Å². The molecule has 1 aliphatic rings. The Hall–Kier alpha value is -1.00. The van der Waals surface area contributed by atoms with Gasteiger partial charge in [-0.2, -0.15) is 4.31 Å². The van der Waals surface area contributed by atoms with Gasteiger partial charge in [0.1, 0.15) is 0 Å². The summed E-state index contributed by atoms with van der Waals surface area (Å²) in [5.74, 6) is -0.816. The maximum Gasteiger partial charge on any atom is 0.243 e. The Kier molecular flexibility index (Phi) is 4.69. The molecule has 1 fully saturated rings. The lowest BCUT2D eigenvalue weighted by Crippen LogP contribution is -2.48. The Morgan fingerprint density at radius 3 is 2.33 bits per heavy atom. The highest BCUT2D eigenvalue weighted by atomic mass is 32.2. The quantitative estimate of drug-likeness (QED) is 0.698. The van der Waals surface area contributed by atoms with E-state index in [1.165, 1.54) is 12.1 Å². The van der Waals surface area contributed by atoms with Crippen LogP contribution in [0, 0.1) is 0 Å². The maximum atomic E-state index is 12.6. The first-order valence-corrected chi connectivity index (χ1v) is 9.69. The molecule has 0 aliphatic carbocycles. The normalized spacial score (nSPS) is 25.3. The maximum absolute atomic E-state index is 12.6. The molecule has 1 saturated heterocycles. The molecule has 3 N–H and O–H groups in total. The number of nitrogens with two attached hydrogens (primary N) is 1. The van der Waals surface area contributed by atoms with E-state index in [0.29, 0.717) is 0 Å². The second kappa shape index (κ2) is 6.01. The lowest BCUT2D eigenvalue weighted by molar-refractivity contribution is 0.129. The van der Waals surface area contributed by atoms with Crippen molar-refractivity contribution in [3.05, 3.63) is 30.3 Å². The summed E-state index contributed by atoms with van der Waals surface area (Å²) in [7, 11) is -7.35. The van der Waals surface area contributed by atoms with Gasteiger partial charge in [0.2, 0.25) is 10.0 Å². The molecule has 0 saturated carbocycles. The van der Waals surface area contributed by atoms with Gasteiger partial charge in [-0.1, -0.05) is 18.2 Å². The minimum absolute atomic E-state index is 0.0370. The fraction of sp³-hybridized carbons (Fsp3) is 0.500. The Morgan fingerprint density at radius 2 is 1.86 bits per heavy atom. The average Bonchev–Trinajstić information content (AvgIpc) is 2.70. The van der Waals surface area contributed by atoms with Crippen molar-refractivity contribution in [1.82, 2.24) is 4.31 Å². The van der Waals surface area contributed by atoms with Gasteiger partial charge in [-0.25, -0.2) is 16.8 Å². The number of sulfone groups is 1. The van der Waals surface area contributed by atoms with Crippen molar-refractivity contribution in [2.24, 2.45) is 5.73 Å². The van der Waals surface area contributed by atoms with Gasteiger partial charge in [-0.05, 0) is 12.1 Å². The van der Waals surface area contributed by atoms with E-state index in [1.807, 2.05) is 0 Å². The third-order valence-electron chi connectivity index (χ3n) is 3.36. The summed E-state index contributed by atoms with van der Waals surface area (Å²) < 4.78 is 49.5. The Morgan fingerprint density at radius 1 is 1.24 bits per heavy atom. The van der Waals surface area contributed by atoms with Gasteiger partial charge in [-0.3, -0.25) is 0 Å². The molecule has 7 nitrogen and oxygen atoms in total. The fourth-order valence-corrected chi connectivity index (χ4v) is 5.99. The molecule has 0 unspecified atom stereocenters. The third kappa shape index (κ3) is 3.43.